The highest BCUT2D eigenvalue weighted by atomic mass is 32.2. The fourth-order valence-electron chi connectivity index (χ4n) is 4.42. The van der Waals surface area contributed by atoms with Gasteiger partial charge in [-0.05, 0) is 59.2 Å². The second kappa shape index (κ2) is 11.0. The molecule has 13 heteroatoms. The molecule has 12 nitrogen and oxygen atoms in total. The van der Waals surface area contributed by atoms with Crippen molar-refractivity contribution < 1.29 is 22.7 Å². The van der Waals surface area contributed by atoms with Crippen LogP contribution in [0.25, 0.3) is 16.9 Å². The number of imidazole rings is 1. The zero-order valence-electron chi connectivity index (χ0n) is 23.2. The van der Waals surface area contributed by atoms with Gasteiger partial charge in [0.25, 0.3) is 5.56 Å². The summed E-state index contributed by atoms with van der Waals surface area (Å²) in [5.41, 5.74) is 0.312. The van der Waals surface area contributed by atoms with Crippen LogP contribution in [-0.4, -0.2) is 70.2 Å². The van der Waals surface area contributed by atoms with Crippen molar-refractivity contribution in [3.8, 4) is 17.1 Å². The fourth-order valence-corrected chi connectivity index (χ4v) is 6.04. The Kier molecular flexibility index (Phi) is 8.03. The average molecular weight is 561 g/mol. The van der Waals surface area contributed by atoms with E-state index in [1.54, 1.807) is 33.8 Å². The molecule has 0 saturated carbocycles. The lowest BCUT2D eigenvalue weighted by Crippen LogP contribution is -2.53. The van der Waals surface area contributed by atoms with Crippen LogP contribution in [0.3, 0.4) is 0 Å². The lowest BCUT2D eigenvalue weighted by molar-refractivity contribution is 0.0502. The second-order valence-electron chi connectivity index (χ2n) is 10.6. The summed E-state index contributed by atoms with van der Waals surface area (Å²) in [6.45, 7) is 12.1. The smallest absolute Gasteiger partial charge is 0.407 e. The third-order valence-corrected chi connectivity index (χ3v) is 8.05. The SMILES string of the molecule is CCCc1nc(C)c2c(=O)[nH]c(-c3cc(S(=O)(=O)N4CC(CNC(=O)OC(C)(C)C)C4)ccc3OCC)nn12. The number of ether oxygens (including phenoxy) is 2. The van der Waals surface area contributed by atoms with E-state index >= 15 is 0 Å². The number of benzene rings is 1. The number of aromatic amines is 1. The van der Waals surface area contributed by atoms with Crippen LogP contribution in [0.2, 0.25) is 0 Å². The van der Waals surface area contributed by atoms with Gasteiger partial charge in [0.1, 0.15) is 17.2 Å². The number of alkyl carbamates (subject to hydrolysis) is 1. The number of carbonyl (C=O) groups excluding carboxylic acids is 1. The average Bonchev–Trinajstić information content (AvgIpc) is 3.12. The van der Waals surface area contributed by atoms with Crippen LogP contribution >= 0.6 is 0 Å². The molecule has 2 N–H and O–H groups in total. The molecule has 2 aromatic heterocycles. The maximum Gasteiger partial charge on any atom is 0.407 e. The molecule has 1 amide bonds. The first kappa shape index (κ1) is 28.6. The van der Waals surface area contributed by atoms with Crippen molar-refractivity contribution in [2.45, 2.75) is 64.9 Å². The zero-order valence-corrected chi connectivity index (χ0v) is 24.0. The number of nitrogens with zero attached hydrogens (tertiary/aromatic N) is 4. The summed E-state index contributed by atoms with van der Waals surface area (Å²) in [6, 6.07) is 4.53. The number of amides is 1. The van der Waals surface area contributed by atoms with E-state index in [1.165, 1.54) is 21.0 Å². The summed E-state index contributed by atoms with van der Waals surface area (Å²) in [5, 5.41) is 7.32. The largest absolute Gasteiger partial charge is 0.493 e. The first-order valence-electron chi connectivity index (χ1n) is 13.1. The van der Waals surface area contributed by atoms with E-state index in [0.717, 1.165) is 6.42 Å². The van der Waals surface area contributed by atoms with Gasteiger partial charge >= 0.3 is 6.09 Å². The molecule has 1 fully saturated rings. The van der Waals surface area contributed by atoms with Gasteiger partial charge in [-0.25, -0.2) is 22.7 Å². The highest BCUT2D eigenvalue weighted by Crippen LogP contribution is 2.33. The van der Waals surface area contributed by atoms with Gasteiger partial charge in [0, 0.05) is 32.0 Å². The van der Waals surface area contributed by atoms with Gasteiger partial charge in [-0.2, -0.15) is 4.31 Å². The van der Waals surface area contributed by atoms with E-state index in [0.29, 0.717) is 47.9 Å². The topological polar surface area (TPSA) is 148 Å². The molecule has 1 aliphatic heterocycles. The van der Waals surface area contributed by atoms with Crippen LogP contribution in [0.4, 0.5) is 4.79 Å². The summed E-state index contributed by atoms with van der Waals surface area (Å²) in [5.74, 6) is 1.21. The Morgan fingerprint density at radius 2 is 1.95 bits per heavy atom. The first-order chi connectivity index (χ1) is 18.3. The maximum atomic E-state index is 13.4. The molecule has 0 atom stereocenters. The van der Waals surface area contributed by atoms with E-state index < -0.39 is 21.7 Å². The van der Waals surface area contributed by atoms with Crippen LogP contribution < -0.4 is 15.6 Å². The molecule has 1 aromatic carbocycles. The number of aryl methyl sites for hydroxylation is 2. The minimum Gasteiger partial charge on any atom is -0.493 e. The molecule has 4 rings (SSSR count). The van der Waals surface area contributed by atoms with Gasteiger partial charge in [-0.1, -0.05) is 6.92 Å². The van der Waals surface area contributed by atoms with Gasteiger partial charge in [0.05, 0.1) is 22.8 Å². The molecule has 0 spiro atoms. The van der Waals surface area contributed by atoms with Gasteiger partial charge in [0.15, 0.2) is 11.3 Å². The number of H-pyrrole nitrogens is 1. The monoisotopic (exact) mass is 560 g/mol. The van der Waals surface area contributed by atoms with Crippen LogP contribution in [-0.2, 0) is 21.2 Å². The molecular weight excluding hydrogens is 524 g/mol. The molecule has 3 heterocycles. The standard InChI is InChI=1S/C26H36N6O6S/c1-7-9-21-28-16(3)22-24(33)29-23(30-32(21)22)19-12-18(10-11-20(19)37-8-2)39(35,36)31-14-17(15-31)13-27-25(34)38-26(4,5)6/h10-12,17H,7-9,13-15H2,1-6H3,(H,27,34)(H,29,30,33). The Balaban J connectivity index is 1.60. The van der Waals surface area contributed by atoms with E-state index in [2.05, 4.69) is 20.4 Å². The molecule has 1 aliphatic rings. The number of carbonyl (C=O) groups is 1. The zero-order chi connectivity index (χ0) is 28.5. The number of hydrogen-bond donors (Lipinski definition) is 2. The summed E-state index contributed by atoms with van der Waals surface area (Å²) in [7, 11) is -3.84. The number of fused-ring (bicyclic) bond motifs is 1. The number of sulfonamides is 1. The highest BCUT2D eigenvalue weighted by molar-refractivity contribution is 7.89. The Morgan fingerprint density at radius 3 is 2.59 bits per heavy atom. The Bertz CT molecular complexity index is 1530. The van der Waals surface area contributed by atoms with Crippen molar-refractivity contribution >= 4 is 21.6 Å². The Labute approximate surface area is 227 Å². The molecule has 39 heavy (non-hydrogen) atoms. The van der Waals surface area contributed by atoms with E-state index in [1.807, 2.05) is 13.8 Å². The lowest BCUT2D eigenvalue weighted by atomic mass is 10.0. The minimum absolute atomic E-state index is 0.0312. The minimum atomic E-state index is -3.84. The van der Waals surface area contributed by atoms with Gasteiger partial charge < -0.3 is 19.8 Å². The van der Waals surface area contributed by atoms with Crippen LogP contribution in [0, 0.1) is 12.8 Å². The predicted molar refractivity (Wildman–Crippen MR) is 145 cm³/mol. The Morgan fingerprint density at radius 1 is 1.23 bits per heavy atom. The lowest BCUT2D eigenvalue weighted by Gasteiger charge is -2.38. The Hall–Kier alpha value is -3.45. The normalized spacial score (nSPS) is 14.8. The molecule has 0 bridgehead atoms. The van der Waals surface area contributed by atoms with Crippen molar-refractivity contribution in [1.29, 1.82) is 0 Å². The van der Waals surface area contributed by atoms with Crippen LogP contribution in [0.1, 0.15) is 52.6 Å². The van der Waals surface area contributed by atoms with Crippen molar-refractivity contribution in [2.24, 2.45) is 5.92 Å². The molecule has 0 radical (unpaired) electrons. The maximum absolute atomic E-state index is 13.4. The molecule has 0 aliphatic carbocycles. The van der Waals surface area contributed by atoms with E-state index in [9.17, 15) is 18.0 Å². The third kappa shape index (κ3) is 6.09. The summed E-state index contributed by atoms with van der Waals surface area (Å²) in [4.78, 5) is 32.2. The molecule has 0 unspecified atom stereocenters. The van der Waals surface area contributed by atoms with Gasteiger partial charge in [0.2, 0.25) is 10.0 Å². The van der Waals surface area contributed by atoms with Crippen molar-refractivity contribution in [3.05, 3.63) is 40.1 Å². The second-order valence-corrected chi connectivity index (χ2v) is 12.5. The van der Waals surface area contributed by atoms with Crippen molar-refractivity contribution in [1.82, 2.24) is 29.2 Å². The van der Waals surface area contributed by atoms with Gasteiger partial charge in [-0.3, -0.25) is 4.79 Å². The predicted octanol–water partition coefficient (Wildman–Crippen LogP) is 2.89. The van der Waals surface area contributed by atoms with Crippen LogP contribution in [0.15, 0.2) is 27.9 Å². The summed E-state index contributed by atoms with van der Waals surface area (Å²) >= 11 is 0. The number of rotatable bonds is 9. The molecule has 3 aromatic rings. The number of hydrogen-bond acceptors (Lipinski definition) is 8. The van der Waals surface area contributed by atoms with Crippen molar-refractivity contribution in [2.75, 3.05) is 26.2 Å². The summed E-state index contributed by atoms with van der Waals surface area (Å²) < 4.78 is 40.7. The van der Waals surface area contributed by atoms with E-state index in [4.69, 9.17) is 9.47 Å². The molecular formula is C26H36N6O6S. The number of nitrogens with one attached hydrogen (secondary N) is 2. The summed E-state index contributed by atoms with van der Waals surface area (Å²) in [6.07, 6.45) is 0.926. The number of aromatic nitrogens is 4. The van der Waals surface area contributed by atoms with Crippen molar-refractivity contribution in [3.63, 3.8) is 0 Å². The first-order valence-corrected chi connectivity index (χ1v) is 14.5. The molecule has 212 valence electrons. The molecule has 1 saturated heterocycles. The third-order valence-electron chi connectivity index (χ3n) is 6.22. The quantitative estimate of drug-likeness (QED) is 0.406. The van der Waals surface area contributed by atoms with E-state index in [-0.39, 0.29) is 35.3 Å². The fraction of sp³-hybridized carbons (Fsp3) is 0.538. The highest BCUT2D eigenvalue weighted by Gasteiger charge is 2.37. The van der Waals surface area contributed by atoms with Crippen LogP contribution in [0.5, 0.6) is 5.75 Å². The van der Waals surface area contributed by atoms with Gasteiger partial charge in [-0.15, -0.1) is 5.10 Å².